The Labute approximate surface area is 180 Å². The van der Waals surface area contributed by atoms with Crippen molar-refractivity contribution in [3.63, 3.8) is 0 Å². The standard InChI is InChI=1S/C26H22N2O3/c29-25(18-7-2-1-3-8-18)19-12-14-28(15-13-19)26(30)21-17-23(24-11-6-16-31-24)27-22-10-5-4-9-20(21)22/h1-11,16-17,19H,12-15H2. The molecule has 0 radical (unpaired) electrons. The topological polar surface area (TPSA) is 63.4 Å². The minimum absolute atomic E-state index is 0.0305. The summed E-state index contributed by atoms with van der Waals surface area (Å²) in [6, 6.07) is 22.5. The molecule has 3 heterocycles. The summed E-state index contributed by atoms with van der Waals surface area (Å²) in [5.74, 6) is 0.727. The molecule has 5 heteroatoms. The molecule has 2 aromatic carbocycles. The molecule has 5 nitrogen and oxygen atoms in total. The molecule has 1 amide bonds. The number of Topliss-reactive ketones (excluding diaryl/α,β-unsaturated/α-hetero) is 1. The first-order valence-electron chi connectivity index (χ1n) is 10.5. The lowest BCUT2D eigenvalue weighted by molar-refractivity contribution is 0.0652. The summed E-state index contributed by atoms with van der Waals surface area (Å²) in [5, 5.41) is 0.824. The number of ketones is 1. The number of likely N-dealkylation sites (tertiary alicyclic amines) is 1. The number of amides is 1. The number of carbonyl (C=O) groups is 2. The molecule has 4 aromatic rings. The number of furan rings is 1. The van der Waals surface area contributed by atoms with Crippen molar-refractivity contribution in [1.82, 2.24) is 9.88 Å². The van der Waals surface area contributed by atoms with Crippen LogP contribution in [0.1, 0.15) is 33.6 Å². The third kappa shape index (κ3) is 3.75. The fourth-order valence-electron chi connectivity index (χ4n) is 4.26. The van der Waals surface area contributed by atoms with Crippen LogP contribution in [-0.4, -0.2) is 34.7 Å². The van der Waals surface area contributed by atoms with E-state index in [4.69, 9.17) is 4.42 Å². The predicted octanol–water partition coefficient (Wildman–Crippen LogP) is 5.23. The number of hydrogen-bond acceptors (Lipinski definition) is 4. The minimum Gasteiger partial charge on any atom is -0.463 e. The second-order valence-corrected chi connectivity index (χ2v) is 7.85. The van der Waals surface area contributed by atoms with E-state index in [2.05, 4.69) is 4.98 Å². The first-order chi connectivity index (χ1) is 15.2. The monoisotopic (exact) mass is 410 g/mol. The van der Waals surface area contributed by atoms with Gasteiger partial charge >= 0.3 is 0 Å². The molecule has 154 valence electrons. The van der Waals surface area contributed by atoms with Crippen molar-refractivity contribution in [1.29, 1.82) is 0 Å². The van der Waals surface area contributed by atoms with Gasteiger partial charge in [0.05, 0.1) is 17.3 Å². The normalized spacial score (nSPS) is 14.6. The van der Waals surface area contributed by atoms with Crippen molar-refractivity contribution < 1.29 is 14.0 Å². The third-order valence-corrected chi connectivity index (χ3v) is 5.93. The van der Waals surface area contributed by atoms with Crippen LogP contribution in [0.25, 0.3) is 22.4 Å². The van der Waals surface area contributed by atoms with Gasteiger partial charge in [-0.1, -0.05) is 48.5 Å². The van der Waals surface area contributed by atoms with Crippen LogP contribution in [0.15, 0.2) is 83.5 Å². The van der Waals surface area contributed by atoms with Crippen molar-refractivity contribution >= 4 is 22.6 Å². The van der Waals surface area contributed by atoms with E-state index in [0.717, 1.165) is 16.5 Å². The van der Waals surface area contributed by atoms with E-state index < -0.39 is 0 Å². The highest BCUT2D eigenvalue weighted by Gasteiger charge is 2.29. The van der Waals surface area contributed by atoms with Gasteiger partial charge in [0, 0.05) is 30.0 Å². The second-order valence-electron chi connectivity index (χ2n) is 7.85. The zero-order valence-electron chi connectivity index (χ0n) is 17.0. The predicted molar refractivity (Wildman–Crippen MR) is 119 cm³/mol. The maximum Gasteiger partial charge on any atom is 0.254 e. The highest BCUT2D eigenvalue weighted by molar-refractivity contribution is 6.07. The van der Waals surface area contributed by atoms with Gasteiger partial charge in [0.15, 0.2) is 11.5 Å². The Morgan fingerprint density at radius 1 is 0.903 bits per heavy atom. The van der Waals surface area contributed by atoms with Crippen molar-refractivity contribution in [3.8, 4) is 11.5 Å². The number of pyridine rings is 1. The molecule has 0 aliphatic carbocycles. The SMILES string of the molecule is O=C(c1ccccc1)C1CCN(C(=O)c2cc(-c3ccco3)nc3ccccc23)CC1. The summed E-state index contributed by atoms with van der Waals surface area (Å²) >= 11 is 0. The Kier molecular flexibility index (Phi) is 5.08. The average Bonchev–Trinajstić information content (AvgIpc) is 3.38. The lowest BCUT2D eigenvalue weighted by Gasteiger charge is -2.31. The van der Waals surface area contributed by atoms with Crippen molar-refractivity contribution in [3.05, 3.63) is 90.2 Å². The Morgan fingerprint density at radius 2 is 1.65 bits per heavy atom. The molecule has 5 rings (SSSR count). The molecule has 2 aromatic heterocycles. The number of carbonyl (C=O) groups excluding carboxylic acids is 2. The van der Waals surface area contributed by atoms with Gasteiger partial charge in [0.2, 0.25) is 0 Å². The third-order valence-electron chi connectivity index (χ3n) is 5.93. The van der Waals surface area contributed by atoms with Gasteiger partial charge in [-0.3, -0.25) is 9.59 Å². The lowest BCUT2D eigenvalue weighted by atomic mass is 9.88. The van der Waals surface area contributed by atoms with Gasteiger partial charge in [-0.15, -0.1) is 0 Å². The highest BCUT2D eigenvalue weighted by Crippen LogP contribution is 2.28. The van der Waals surface area contributed by atoms with E-state index in [-0.39, 0.29) is 17.6 Å². The number of aromatic nitrogens is 1. The molecule has 0 N–H and O–H groups in total. The summed E-state index contributed by atoms with van der Waals surface area (Å²) < 4.78 is 5.51. The number of rotatable bonds is 4. The van der Waals surface area contributed by atoms with Crippen LogP contribution in [-0.2, 0) is 0 Å². The number of fused-ring (bicyclic) bond motifs is 1. The zero-order valence-corrected chi connectivity index (χ0v) is 17.0. The first kappa shape index (κ1) is 19.2. The van der Waals surface area contributed by atoms with Gasteiger partial charge in [-0.25, -0.2) is 4.98 Å². The Hall–Kier alpha value is -3.73. The van der Waals surface area contributed by atoms with E-state index in [1.165, 1.54) is 0 Å². The molecular weight excluding hydrogens is 388 g/mol. The summed E-state index contributed by atoms with van der Waals surface area (Å²) in [6.07, 6.45) is 2.95. The second kappa shape index (κ2) is 8.19. The summed E-state index contributed by atoms with van der Waals surface area (Å²) in [4.78, 5) is 32.8. The molecule has 1 fully saturated rings. The van der Waals surface area contributed by atoms with Crippen LogP contribution in [0, 0.1) is 5.92 Å². The summed E-state index contributed by atoms with van der Waals surface area (Å²) in [6.45, 7) is 1.13. The van der Waals surface area contributed by atoms with Crippen LogP contribution in [0.3, 0.4) is 0 Å². The van der Waals surface area contributed by atoms with Gasteiger partial charge < -0.3 is 9.32 Å². The lowest BCUT2D eigenvalue weighted by Crippen LogP contribution is -2.40. The fraction of sp³-hybridized carbons (Fsp3) is 0.192. The molecule has 0 spiro atoms. The van der Waals surface area contributed by atoms with Gasteiger partial charge in [0.1, 0.15) is 5.69 Å². The molecule has 1 saturated heterocycles. The quantitative estimate of drug-likeness (QED) is 0.432. The molecule has 31 heavy (non-hydrogen) atoms. The Morgan fingerprint density at radius 3 is 2.39 bits per heavy atom. The molecule has 0 atom stereocenters. The first-order valence-corrected chi connectivity index (χ1v) is 10.5. The summed E-state index contributed by atoms with van der Waals surface area (Å²) in [5.41, 5.74) is 2.76. The zero-order chi connectivity index (χ0) is 21.2. The largest absolute Gasteiger partial charge is 0.463 e. The molecule has 0 unspecified atom stereocenters. The summed E-state index contributed by atoms with van der Waals surface area (Å²) in [7, 11) is 0. The van der Waals surface area contributed by atoms with Crippen LogP contribution in [0.5, 0.6) is 0 Å². The van der Waals surface area contributed by atoms with Crippen molar-refractivity contribution in [2.24, 2.45) is 5.92 Å². The van der Waals surface area contributed by atoms with Crippen molar-refractivity contribution in [2.45, 2.75) is 12.8 Å². The van der Waals surface area contributed by atoms with E-state index in [1.807, 2.05) is 77.7 Å². The van der Waals surface area contributed by atoms with Gasteiger partial charge in [-0.2, -0.15) is 0 Å². The van der Waals surface area contributed by atoms with Crippen molar-refractivity contribution in [2.75, 3.05) is 13.1 Å². The average molecular weight is 410 g/mol. The molecular formula is C26H22N2O3. The maximum atomic E-state index is 13.5. The van der Waals surface area contributed by atoms with Crippen LogP contribution >= 0.6 is 0 Å². The van der Waals surface area contributed by atoms with E-state index in [9.17, 15) is 9.59 Å². The maximum absolute atomic E-state index is 13.5. The molecule has 1 aliphatic heterocycles. The van der Waals surface area contributed by atoms with E-state index in [1.54, 1.807) is 6.26 Å². The number of nitrogens with zero attached hydrogens (tertiary/aromatic N) is 2. The van der Waals surface area contributed by atoms with E-state index >= 15 is 0 Å². The minimum atomic E-state index is -0.0423. The van der Waals surface area contributed by atoms with Gasteiger partial charge in [-0.05, 0) is 37.1 Å². The molecule has 0 saturated carbocycles. The van der Waals surface area contributed by atoms with Crippen LogP contribution in [0.4, 0.5) is 0 Å². The molecule has 1 aliphatic rings. The number of piperidine rings is 1. The Bertz CT molecular complexity index is 1220. The number of para-hydroxylation sites is 1. The van der Waals surface area contributed by atoms with Crippen LogP contribution in [0.2, 0.25) is 0 Å². The smallest absolute Gasteiger partial charge is 0.254 e. The van der Waals surface area contributed by atoms with Gasteiger partial charge in [0.25, 0.3) is 5.91 Å². The highest BCUT2D eigenvalue weighted by atomic mass is 16.3. The van der Waals surface area contributed by atoms with Crippen LogP contribution < -0.4 is 0 Å². The Balaban J connectivity index is 1.39. The molecule has 0 bridgehead atoms. The number of benzene rings is 2. The van der Waals surface area contributed by atoms with E-state index in [0.29, 0.717) is 42.9 Å². The number of hydrogen-bond donors (Lipinski definition) is 0. The fourth-order valence-corrected chi connectivity index (χ4v) is 4.26.